The molecule has 5 rings (SSSR count). The maximum absolute atomic E-state index is 12.0. The Balaban J connectivity index is 1.42. The van der Waals surface area contributed by atoms with Gasteiger partial charge in [-0.05, 0) is 42.6 Å². The van der Waals surface area contributed by atoms with Crippen LogP contribution in [0.15, 0.2) is 28.9 Å². The predicted molar refractivity (Wildman–Crippen MR) is 105 cm³/mol. The van der Waals surface area contributed by atoms with E-state index in [-0.39, 0.29) is 24.0 Å². The summed E-state index contributed by atoms with van der Waals surface area (Å²) in [5.74, 6) is 1.85. The zero-order valence-corrected chi connectivity index (χ0v) is 16.3. The number of nitrogens with zero attached hydrogens (tertiary/aromatic N) is 3. The SMILES string of the molecule is COC1CNC[C@@H]1Oc1noc(C)c1-c1ccn2nc(NC(=O)C3CC3)cc2c1. The number of aromatic nitrogens is 3. The maximum atomic E-state index is 12.0. The lowest BCUT2D eigenvalue weighted by molar-refractivity contribution is -0.117. The molecule has 1 amide bonds. The van der Waals surface area contributed by atoms with Crippen molar-refractivity contribution in [1.82, 2.24) is 20.1 Å². The van der Waals surface area contributed by atoms with Crippen molar-refractivity contribution in [2.24, 2.45) is 5.92 Å². The van der Waals surface area contributed by atoms with Crippen LogP contribution in [-0.4, -0.2) is 53.1 Å². The van der Waals surface area contributed by atoms with Crippen LogP contribution in [0.1, 0.15) is 18.6 Å². The number of hydrogen-bond acceptors (Lipinski definition) is 7. The molecule has 0 aromatic carbocycles. The van der Waals surface area contributed by atoms with E-state index in [1.165, 1.54) is 0 Å². The highest BCUT2D eigenvalue weighted by atomic mass is 16.6. The van der Waals surface area contributed by atoms with Crippen LogP contribution in [0.4, 0.5) is 5.82 Å². The van der Waals surface area contributed by atoms with Crippen molar-refractivity contribution in [3.63, 3.8) is 0 Å². The number of ether oxygens (including phenoxy) is 2. The molecule has 0 radical (unpaired) electrons. The topological polar surface area (TPSA) is 103 Å². The Kier molecular flexibility index (Phi) is 4.48. The summed E-state index contributed by atoms with van der Waals surface area (Å²) in [6.07, 6.45) is 3.60. The third-order valence-corrected chi connectivity index (χ3v) is 5.45. The van der Waals surface area contributed by atoms with Crippen LogP contribution >= 0.6 is 0 Å². The second-order valence-corrected chi connectivity index (χ2v) is 7.59. The van der Waals surface area contributed by atoms with Crippen LogP contribution < -0.4 is 15.4 Å². The number of carbonyl (C=O) groups excluding carboxylic acids is 1. The maximum Gasteiger partial charge on any atom is 0.262 e. The minimum atomic E-state index is -0.133. The Bertz CT molecular complexity index is 1050. The van der Waals surface area contributed by atoms with Gasteiger partial charge < -0.3 is 24.6 Å². The largest absolute Gasteiger partial charge is 0.468 e. The second kappa shape index (κ2) is 7.16. The molecule has 9 nitrogen and oxygen atoms in total. The van der Waals surface area contributed by atoms with Crippen molar-refractivity contribution < 1.29 is 18.8 Å². The fourth-order valence-electron chi connectivity index (χ4n) is 3.67. The highest BCUT2D eigenvalue weighted by molar-refractivity contribution is 5.93. The lowest BCUT2D eigenvalue weighted by Gasteiger charge is -2.17. The monoisotopic (exact) mass is 397 g/mol. The Morgan fingerprint density at radius 1 is 1.31 bits per heavy atom. The van der Waals surface area contributed by atoms with E-state index in [1.807, 2.05) is 31.3 Å². The molecule has 152 valence electrons. The Morgan fingerprint density at radius 3 is 2.93 bits per heavy atom. The number of pyridine rings is 1. The minimum Gasteiger partial charge on any atom is -0.468 e. The molecule has 2 N–H and O–H groups in total. The average molecular weight is 397 g/mol. The normalized spacial score (nSPS) is 21.6. The summed E-state index contributed by atoms with van der Waals surface area (Å²) < 4.78 is 18.7. The second-order valence-electron chi connectivity index (χ2n) is 7.59. The third-order valence-electron chi connectivity index (χ3n) is 5.45. The molecule has 2 atom stereocenters. The number of rotatable bonds is 6. The fourth-order valence-corrected chi connectivity index (χ4v) is 3.67. The van der Waals surface area contributed by atoms with Gasteiger partial charge in [-0.2, -0.15) is 5.10 Å². The van der Waals surface area contributed by atoms with Crippen LogP contribution in [0.2, 0.25) is 0 Å². The molecule has 3 aromatic heterocycles. The van der Waals surface area contributed by atoms with Crippen molar-refractivity contribution in [1.29, 1.82) is 0 Å². The standard InChI is InChI=1S/C20H23N5O4/c1-11-18(20(24-29-11)28-16-10-21-9-15(16)27-2)13-5-6-25-14(7-13)8-17(23-25)22-19(26)12-3-4-12/h5-8,12,15-16,21H,3-4,9-10H2,1-2H3,(H,22,23,26)/t15?,16-/m0/s1. The van der Waals surface area contributed by atoms with Crippen LogP contribution in [-0.2, 0) is 9.53 Å². The number of methoxy groups -OCH3 is 1. The summed E-state index contributed by atoms with van der Waals surface area (Å²) in [7, 11) is 1.68. The lowest BCUT2D eigenvalue weighted by atomic mass is 10.1. The molecule has 1 saturated carbocycles. The van der Waals surface area contributed by atoms with E-state index in [0.717, 1.165) is 36.0 Å². The van der Waals surface area contributed by atoms with Gasteiger partial charge in [0.1, 0.15) is 18.0 Å². The molecule has 2 fully saturated rings. The first-order valence-corrected chi connectivity index (χ1v) is 9.79. The van der Waals surface area contributed by atoms with Gasteiger partial charge in [0.15, 0.2) is 5.82 Å². The molecule has 2 aliphatic rings. The molecular formula is C20H23N5O4. The Labute approximate surface area is 167 Å². The van der Waals surface area contributed by atoms with Crippen molar-refractivity contribution in [2.75, 3.05) is 25.5 Å². The molecule has 1 saturated heterocycles. The van der Waals surface area contributed by atoms with E-state index >= 15 is 0 Å². The molecular weight excluding hydrogens is 374 g/mol. The average Bonchev–Trinajstić information content (AvgIpc) is 3.19. The van der Waals surface area contributed by atoms with Crippen LogP contribution in [0.3, 0.4) is 0 Å². The first-order valence-electron chi connectivity index (χ1n) is 9.79. The van der Waals surface area contributed by atoms with Gasteiger partial charge in [-0.15, -0.1) is 0 Å². The van der Waals surface area contributed by atoms with E-state index in [0.29, 0.717) is 24.0 Å². The lowest BCUT2D eigenvalue weighted by Crippen LogP contribution is -2.31. The summed E-state index contributed by atoms with van der Waals surface area (Å²) >= 11 is 0. The third kappa shape index (κ3) is 3.47. The smallest absolute Gasteiger partial charge is 0.262 e. The number of nitrogens with one attached hydrogen (secondary N) is 2. The first-order chi connectivity index (χ1) is 14.1. The van der Waals surface area contributed by atoms with Gasteiger partial charge in [0.05, 0.1) is 11.1 Å². The molecule has 4 heterocycles. The zero-order chi connectivity index (χ0) is 20.0. The molecule has 1 aliphatic heterocycles. The number of hydrogen-bond donors (Lipinski definition) is 2. The van der Waals surface area contributed by atoms with Gasteiger partial charge in [-0.1, -0.05) is 0 Å². The highest BCUT2D eigenvalue weighted by Gasteiger charge is 2.31. The van der Waals surface area contributed by atoms with Crippen LogP contribution in [0, 0.1) is 12.8 Å². The minimum absolute atomic E-state index is 0.0326. The van der Waals surface area contributed by atoms with E-state index in [1.54, 1.807) is 11.6 Å². The van der Waals surface area contributed by atoms with Gasteiger partial charge in [0.25, 0.3) is 5.88 Å². The van der Waals surface area contributed by atoms with E-state index < -0.39 is 0 Å². The van der Waals surface area contributed by atoms with Crippen LogP contribution in [0.5, 0.6) is 5.88 Å². The summed E-state index contributed by atoms with van der Waals surface area (Å²) in [4.78, 5) is 12.0. The summed E-state index contributed by atoms with van der Waals surface area (Å²) in [5, 5.41) is 14.7. The predicted octanol–water partition coefficient (Wildman–Crippen LogP) is 2.01. The van der Waals surface area contributed by atoms with E-state index in [2.05, 4.69) is 20.9 Å². The van der Waals surface area contributed by atoms with Crippen molar-refractivity contribution >= 4 is 17.2 Å². The van der Waals surface area contributed by atoms with E-state index in [4.69, 9.17) is 14.0 Å². The summed E-state index contributed by atoms with van der Waals surface area (Å²) in [6, 6.07) is 5.77. The van der Waals surface area contributed by atoms with Gasteiger partial charge in [-0.25, -0.2) is 4.52 Å². The molecule has 9 heteroatoms. The van der Waals surface area contributed by atoms with Crippen molar-refractivity contribution in [3.05, 3.63) is 30.2 Å². The number of anilines is 1. The number of carbonyl (C=O) groups is 1. The zero-order valence-electron chi connectivity index (χ0n) is 16.3. The first kappa shape index (κ1) is 18.1. The summed E-state index contributed by atoms with van der Waals surface area (Å²) in [5.41, 5.74) is 2.57. The van der Waals surface area contributed by atoms with Crippen molar-refractivity contribution in [2.45, 2.75) is 32.0 Å². The molecule has 0 bridgehead atoms. The summed E-state index contributed by atoms with van der Waals surface area (Å²) in [6.45, 7) is 3.29. The van der Waals surface area contributed by atoms with Crippen LogP contribution in [0.25, 0.3) is 16.6 Å². The molecule has 1 unspecified atom stereocenters. The number of amides is 1. The fraction of sp³-hybridized carbons (Fsp3) is 0.450. The van der Waals surface area contributed by atoms with Gasteiger partial charge in [0, 0.05) is 38.4 Å². The number of fused-ring (bicyclic) bond motifs is 1. The molecule has 29 heavy (non-hydrogen) atoms. The quantitative estimate of drug-likeness (QED) is 0.656. The van der Waals surface area contributed by atoms with E-state index in [9.17, 15) is 4.79 Å². The Hall–Kier alpha value is -2.91. The molecule has 1 aliphatic carbocycles. The van der Waals surface area contributed by atoms with Gasteiger partial charge in [-0.3, -0.25) is 4.79 Å². The van der Waals surface area contributed by atoms with Gasteiger partial charge in [0.2, 0.25) is 5.91 Å². The molecule has 3 aromatic rings. The van der Waals surface area contributed by atoms with Crippen molar-refractivity contribution in [3.8, 4) is 17.0 Å². The van der Waals surface area contributed by atoms with Gasteiger partial charge >= 0.3 is 0 Å². The molecule has 0 spiro atoms. The number of aryl methyl sites for hydroxylation is 1. The Morgan fingerprint density at radius 2 is 2.14 bits per heavy atom. The highest BCUT2D eigenvalue weighted by Crippen LogP contribution is 2.35.